The van der Waals surface area contributed by atoms with Crippen molar-refractivity contribution in [3.05, 3.63) is 0 Å². The summed E-state index contributed by atoms with van der Waals surface area (Å²) >= 11 is 0. The number of likely N-dealkylation sites (N-methyl/N-ethyl adjacent to an activating group) is 1. The van der Waals surface area contributed by atoms with E-state index in [0.29, 0.717) is 12.6 Å². The summed E-state index contributed by atoms with van der Waals surface area (Å²) < 4.78 is 0. The molecule has 2 rings (SSSR count). The molecule has 0 radical (unpaired) electrons. The number of nitrogens with one attached hydrogen (secondary N) is 1. The van der Waals surface area contributed by atoms with Gasteiger partial charge in [0.25, 0.3) is 0 Å². The largest absolute Gasteiger partial charge is 0.322 e. The van der Waals surface area contributed by atoms with Crippen molar-refractivity contribution in [2.45, 2.75) is 38.9 Å². The van der Waals surface area contributed by atoms with E-state index in [1.54, 1.807) is 0 Å². The van der Waals surface area contributed by atoms with Crippen LogP contribution < -0.4 is 5.32 Å². The van der Waals surface area contributed by atoms with E-state index < -0.39 is 0 Å². The maximum Gasteiger partial charge on any atom is 0.238 e. The average Bonchev–Trinajstić information content (AvgIpc) is 2.59. The third kappa shape index (κ3) is 2.16. The Bertz CT molecular complexity index is 244. The minimum Gasteiger partial charge on any atom is -0.322 e. The highest BCUT2D eigenvalue weighted by Gasteiger charge is 2.34. The van der Waals surface area contributed by atoms with Gasteiger partial charge in [-0.3, -0.25) is 10.1 Å². The Morgan fingerprint density at radius 1 is 1.53 bits per heavy atom. The smallest absolute Gasteiger partial charge is 0.238 e. The molecule has 0 saturated carbocycles. The van der Waals surface area contributed by atoms with E-state index in [0.717, 1.165) is 19.5 Å². The van der Waals surface area contributed by atoms with Crippen LogP contribution in [0.4, 0.5) is 0 Å². The van der Waals surface area contributed by atoms with Gasteiger partial charge in [0.15, 0.2) is 0 Å². The lowest BCUT2D eigenvalue weighted by Gasteiger charge is -2.38. The predicted octanol–water partition coefficient (Wildman–Crippen LogP) is 0.249. The van der Waals surface area contributed by atoms with E-state index in [2.05, 4.69) is 24.1 Å². The highest BCUT2D eigenvalue weighted by molar-refractivity contribution is 5.80. The van der Waals surface area contributed by atoms with Gasteiger partial charge in [0.1, 0.15) is 0 Å². The summed E-state index contributed by atoms with van der Waals surface area (Å²) in [7, 11) is 0. The summed E-state index contributed by atoms with van der Waals surface area (Å²) in [6.07, 6.45) is 2.60. The first-order valence-electron chi connectivity index (χ1n) is 5.99. The molecule has 0 spiro atoms. The van der Waals surface area contributed by atoms with E-state index in [1.165, 1.54) is 13.0 Å². The lowest BCUT2D eigenvalue weighted by Crippen LogP contribution is -2.51. The summed E-state index contributed by atoms with van der Waals surface area (Å²) in [4.78, 5) is 16.2. The second-order valence-corrected chi connectivity index (χ2v) is 4.55. The summed E-state index contributed by atoms with van der Waals surface area (Å²) in [6, 6.07) is 0.427. The second kappa shape index (κ2) is 4.49. The SMILES string of the molecule is CCN1CCCC(N2C(=O)CNC2C)C1. The zero-order valence-corrected chi connectivity index (χ0v) is 9.70. The zero-order valence-electron chi connectivity index (χ0n) is 9.70. The highest BCUT2D eigenvalue weighted by atomic mass is 16.2. The molecule has 0 bridgehead atoms. The van der Waals surface area contributed by atoms with Crippen molar-refractivity contribution in [2.24, 2.45) is 0 Å². The van der Waals surface area contributed by atoms with Crippen LogP contribution >= 0.6 is 0 Å². The van der Waals surface area contributed by atoms with Gasteiger partial charge in [-0.2, -0.15) is 0 Å². The second-order valence-electron chi connectivity index (χ2n) is 4.55. The van der Waals surface area contributed by atoms with Gasteiger partial charge in [-0.1, -0.05) is 6.92 Å². The fourth-order valence-corrected chi connectivity index (χ4v) is 2.71. The fourth-order valence-electron chi connectivity index (χ4n) is 2.71. The number of rotatable bonds is 2. The molecule has 4 heteroatoms. The monoisotopic (exact) mass is 211 g/mol. The lowest BCUT2D eigenvalue weighted by molar-refractivity contribution is -0.131. The van der Waals surface area contributed by atoms with Crippen LogP contribution in [0.2, 0.25) is 0 Å². The fraction of sp³-hybridized carbons (Fsp3) is 0.909. The maximum absolute atomic E-state index is 11.7. The first kappa shape index (κ1) is 10.9. The molecule has 2 heterocycles. The first-order valence-corrected chi connectivity index (χ1v) is 5.99. The van der Waals surface area contributed by atoms with Crippen LogP contribution in [-0.4, -0.2) is 54.1 Å². The van der Waals surface area contributed by atoms with Gasteiger partial charge in [0.2, 0.25) is 5.91 Å². The number of hydrogen-bond acceptors (Lipinski definition) is 3. The Hall–Kier alpha value is -0.610. The van der Waals surface area contributed by atoms with Crippen LogP contribution in [0, 0.1) is 0 Å². The van der Waals surface area contributed by atoms with Gasteiger partial charge in [-0.05, 0) is 32.9 Å². The Labute approximate surface area is 91.6 Å². The minimum absolute atomic E-state index is 0.222. The molecule has 1 N–H and O–H groups in total. The third-order valence-corrected chi connectivity index (χ3v) is 3.58. The molecular formula is C11H21N3O. The van der Waals surface area contributed by atoms with Gasteiger partial charge in [-0.25, -0.2) is 0 Å². The number of carbonyl (C=O) groups excluding carboxylic acids is 1. The number of carbonyl (C=O) groups is 1. The Kier molecular flexibility index (Phi) is 3.26. The van der Waals surface area contributed by atoms with Gasteiger partial charge >= 0.3 is 0 Å². The van der Waals surface area contributed by atoms with E-state index in [1.807, 2.05) is 4.90 Å². The van der Waals surface area contributed by atoms with Crippen molar-refractivity contribution in [1.82, 2.24) is 15.1 Å². The maximum atomic E-state index is 11.7. The van der Waals surface area contributed by atoms with Crippen molar-refractivity contribution < 1.29 is 4.79 Å². The Morgan fingerprint density at radius 2 is 2.33 bits per heavy atom. The summed E-state index contributed by atoms with van der Waals surface area (Å²) in [6.45, 7) is 8.13. The molecule has 2 aliphatic rings. The topological polar surface area (TPSA) is 35.6 Å². The Morgan fingerprint density at radius 3 is 2.93 bits per heavy atom. The highest BCUT2D eigenvalue weighted by Crippen LogP contribution is 2.19. The summed E-state index contributed by atoms with van der Waals surface area (Å²) in [5, 5.41) is 3.21. The van der Waals surface area contributed by atoms with E-state index in [9.17, 15) is 4.79 Å². The number of piperidine rings is 1. The van der Waals surface area contributed by atoms with Crippen LogP contribution in [0.3, 0.4) is 0 Å². The quantitative estimate of drug-likeness (QED) is 0.711. The van der Waals surface area contributed by atoms with E-state index in [-0.39, 0.29) is 12.1 Å². The lowest BCUT2D eigenvalue weighted by atomic mass is 10.0. The van der Waals surface area contributed by atoms with Crippen molar-refractivity contribution in [3.63, 3.8) is 0 Å². The normalized spacial score (nSPS) is 33.7. The molecule has 2 aliphatic heterocycles. The number of hydrogen-bond donors (Lipinski definition) is 1. The standard InChI is InChI=1S/C11H21N3O/c1-3-13-6-4-5-10(8-13)14-9(2)12-7-11(14)15/h9-10,12H,3-8H2,1-2H3. The van der Waals surface area contributed by atoms with E-state index in [4.69, 9.17) is 0 Å². The summed E-state index contributed by atoms with van der Waals surface area (Å²) in [5.74, 6) is 0.269. The molecule has 2 saturated heterocycles. The molecule has 1 amide bonds. The molecule has 2 unspecified atom stereocenters. The predicted molar refractivity (Wildman–Crippen MR) is 59.4 cm³/mol. The van der Waals surface area contributed by atoms with Crippen molar-refractivity contribution in [1.29, 1.82) is 0 Å². The van der Waals surface area contributed by atoms with Crippen molar-refractivity contribution in [2.75, 3.05) is 26.2 Å². The van der Waals surface area contributed by atoms with E-state index >= 15 is 0 Å². The number of amides is 1. The average molecular weight is 211 g/mol. The molecule has 2 atom stereocenters. The van der Waals surface area contributed by atoms with Gasteiger partial charge in [0.05, 0.1) is 12.7 Å². The van der Waals surface area contributed by atoms with Crippen LogP contribution in [0.15, 0.2) is 0 Å². The molecule has 15 heavy (non-hydrogen) atoms. The zero-order chi connectivity index (χ0) is 10.8. The van der Waals surface area contributed by atoms with Crippen molar-refractivity contribution >= 4 is 5.91 Å². The van der Waals surface area contributed by atoms with Crippen molar-refractivity contribution in [3.8, 4) is 0 Å². The molecule has 2 fully saturated rings. The number of nitrogens with zero attached hydrogens (tertiary/aromatic N) is 2. The molecule has 0 aromatic carbocycles. The van der Waals surface area contributed by atoms with Crippen LogP contribution in [0.25, 0.3) is 0 Å². The first-order chi connectivity index (χ1) is 7.22. The Balaban J connectivity index is 2.00. The molecule has 4 nitrogen and oxygen atoms in total. The molecule has 0 aromatic heterocycles. The van der Waals surface area contributed by atoms with Crippen LogP contribution in [0.5, 0.6) is 0 Å². The minimum atomic E-state index is 0.222. The van der Waals surface area contributed by atoms with Gasteiger partial charge < -0.3 is 9.80 Å². The summed E-state index contributed by atoms with van der Waals surface area (Å²) in [5.41, 5.74) is 0. The van der Waals surface area contributed by atoms with Crippen LogP contribution in [0.1, 0.15) is 26.7 Å². The molecule has 0 aromatic rings. The van der Waals surface area contributed by atoms with Crippen LogP contribution in [-0.2, 0) is 4.79 Å². The van der Waals surface area contributed by atoms with Gasteiger partial charge in [0, 0.05) is 12.6 Å². The molecular weight excluding hydrogens is 190 g/mol. The van der Waals surface area contributed by atoms with Gasteiger partial charge in [-0.15, -0.1) is 0 Å². The third-order valence-electron chi connectivity index (χ3n) is 3.58. The molecule has 86 valence electrons. The number of likely N-dealkylation sites (tertiary alicyclic amines) is 1. The molecule has 0 aliphatic carbocycles.